The summed E-state index contributed by atoms with van der Waals surface area (Å²) in [5.41, 5.74) is 7.61. The predicted molar refractivity (Wildman–Crippen MR) is 100 cm³/mol. The number of benzene rings is 2. The molecule has 0 aliphatic rings. The number of amides is 1. The number of nitrogens with two attached hydrogens (primary N) is 1. The number of hydrogen-bond donors (Lipinski definition) is 2. The highest BCUT2D eigenvalue weighted by atomic mass is 16.5. The summed E-state index contributed by atoms with van der Waals surface area (Å²) in [6.07, 6.45) is 1.98. The van der Waals surface area contributed by atoms with Gasteiger partial charge in [-0.25, -0.2) is 0 Å². The Kier molecular flexibility index (Phi) is 7.44. The average molecular weight is 342 g/mol. The van der Waals surface area contributed by atoms with Gasteiger partial charge in [-0.1, -0.05) is 12.1 Å². The van der Waals surface area contributed by atoms with Crippen LogP contribution < -0.4 is 15.8 Å². The lowest BCUT2D eigenvalue weighted by molar-refractivity contribution is -0.116. The van der Waals surface area contributed by atoms with Gasteiger partial charge in [0.25, 0.3) is 0 Å². The number of carbonyl (C=O) groups is 1. The molecule has 2 aromatic carbocycles. The maximum atomic E-state index is 11.8. The molecule has 0 bridgehead atoms. The highest BCUT2D eigenvalue weighted by Crippen LogP contribution is 2.23. The molecule has 2 rings (SSSR count). The van der Waals surface area contributed by atoms with Gasteiger partial charge >= 0.3 is 0 Å². The molecule has 1 amide bonds. The van der Waals surface area contributed by atoms with Crippen molar-refractivity contribution in [1.29, 1.82) is 0 Å². The summed E-state index contributed by atoms with van der Waals surface area (Å²) in [7, 11) is 1.70. The van der Waals surface area contributed by atoms with Crippen molar-refractivity contribution in [3.63, 3.8) is 0 Å². The number of methoxy groups -OCH3 is 1. The molecule has 5 nitrogen and oxygen atoms in total. The highest BCUT2D eigenvalue weighted by Gasteiger charge is 2.05. The maximum absolute atomic E-state index is 11.8. The van der Waals surface area contributed by atoms with E-state index in [-0.39, 0.29) is 11.9 Å². The van der Waals surface area contributed by atoms with Crippen LogP contribution in [0.1, 0.15) is 25.3 Å². The van der Waals surface area contributed by atoms with Crippen LogP contribution in [0, 0.1) is 0 Å². The van der Waals surface area contributed by atoms with E-state index in [0.717, 1.165) is 23.6 Å². The number of carbonyl (C=O) groups excluding carboxylic acids is 1. The van der Waals surface area contributed by atoms with E-state index in [0.29, 0.717) is 19.4 Å². The summed E-state index contributed by atoms with van der Waals surface area (Å²) in [6, 6.07) is 15.3. The molecule has 0 aliphatic heterocycles. The van der Waals surface area contributed by atoms with Crippen LogP contribution in [0.2, 0.25) is 0 Å². The van der Waals surface area contributed by atoms with Crippen molar-refractivity contribution in [1.82, 2.24) is 0 Å². The fraction of sp³-hybridized carbons (Fsp3) is 0.350. The van der Waals surface area contributed by atoms with Gasteiger partial charge in [0, 0.05) is 25.3 Å². The monoisotopic (exact) mass is 342 g/mol. The number of anilines is 1. The van der Waals surface area contributed by atoms with E-state index in [1.54, 1.807) is 7.11 Å². The van der Waals surface area contributed by atoms with E-state index in [2.05, 4.69) is 5.32 Å². The summed E-state index contributed by atoms with van der Waals surface area (Å²) in [5.74, 6) is 1.46. The lowest BCUT2D eigenvalue weighted by atomic mass is 10.1. The van der Waals surface area contributed by atoms with Crippen molar-refractivity contribution < 1.29 is 14.3 Å². The Labute approximate surface area is 149 Å². The van der Waals surface area contributed by atoms with Crippen LogP contribution in [-0.4, -0.2) is 25.7 Å². The van der Waals surface area contributed by atoms with Gasteiger partial charge in [-0.15, -0.1) is 0 Å². The zero-order chi connectivity index (χ0) is 18.1. The van der Waals surface area contributed by atoms with Crippen molar-refractivity contribution in [3.05, 3.63) is 54.1 Å². The van der Waals surface area contributed by atoms with Gasteiger partial charge in [-0.05, 0) is 61.7 Å². The van der Waals surface area contributed by atoms with E-state index in [1.165, 1.54) is 5.56 Å². The van der Waals surface area contributed by atoms with Crippen molar-refractivity contribution in [2.45, 2.75) is 32.2 Å². The molecule has 0 saturated carbocycles. The van der Waals surface area contributed by atoms with Crippen molar-refractivity contribution in [2.24, 2.45) is 5.73 Å². The summed E-state index contributed by atoms with van der Waals surface area (Å²) < 4.78 is 10.9. The molecule has 134 valence electrons. The van der Waals surface area contributed by atoms with Crippen LogP contribution in [0.15, 0.2) is 48.5 Å². The highest BCUT2D eigenvalue weighted by molar-refractivity contribution is 5.90. The summed E-state index contributed by atoms with van der Waals surface area (Å²) in [5, 5.41) is 2.85. The smallest absolute Gasteiger partial charge is 0.224 e. The second-order valence-electron chi connectivity index (χ2n) is 6.08. The van der Waals surface area contributed by atoms with Gasteiger partial charge < -0.3 is 20.5 Å². The molecule has 0 spiro atoms. The first-order valence-electron chi connectivity index (χ1n) is 8.48. The number of hydrogen-bond acceptors (Lipinski definition) is 4. The second kappa shape index (κ2) is 9.81. The van der Waals surface area contributed by atoms with E-state index >= 15 is 0 Å². The summed E-state index contributed by atoms with van der Waals surface area (Å²) in [4.78, 5) is 11.8. The van der Waals surface area contributed by atoms with Crippen LogP contribution in [0.4, 0.5) is 5.69 Å². The van der Waals surface area contributed by atoms with Crippen LogP contribution in [0.5, 0.6) is 11.5 Å². The van der Waals surface area contributed by atoms with Gasteiger partial charge in [-0.2, -0.15) is 0 Å². The third kappa shape index (κ3) is 6.95. The quantitative estimate of drug-likeness (QED) is 0.728. The fourth-order valence-electron chi connectivity index (χ4n) is 2.27. The zero-order valence-corrected chi connectivity index (χ0v) is 14.8. The molecular formula is C20H26N2O3. The van der Waals surface area contributed by atoms with Crippen molar-refractivity contribution in [3.8, 4) is 11.5 Å². The molecule has 0 aliphatic carbocycles. The Morgan fingerprint density at radius 3 is 2.24 bits per heavy atom. The van der Waals surface area contributed by atoms with Crippen molar-refractivity contribution in [2.75, 3.05) is 19.0 Å². The Bertz CT molecular complexity index is 652. The van der Waals surface area contributed by atoms with Gasteiger partial charge in [0.05, 0.1) is 6.61 Å². The molecule has 1 atom stereocenters. The lowest BCUT2D eigenvalue weighted by Gasteiger charge is -2.09. The van der Waals surface area contributed by atoms with E-state index in [1.807, 2.05) is 55.5 Å². The van der Waals surface area contributed by atoms with Gasteiger partial charge in [0.15, 0.2) is 0 Å². The fourth-order valence-corrected chi connectivity index (χ4v) is 2.27. The normalized spacial score (nSPS) is 11.8. The third-order valence-corrected chi connectivity index (χ3v) is 3.72. The zero-order valence-electron chi connectivity index (χ0n) is 14.8. The SMILES string of the molecule is COCCc1ccc(Oc2ccc(NC(=O)CCC(C)N)cc2)cc1. The Morgan fingerprint density at radius 1 is 1.08 bits per heavy atom. The standard InChI is InChI=1S/C20H26N2O3/c1-15(21)3-12-20(23)22-17-6-10-19(11-7-17)25-18-8-4-16(5-9-18)13-14-24-2/h4-11,15H,3,12-14,21H2,1-2H3,(H,22,23). The van der Waals surface area contributed by atoms with Gasteiger partial charge in [0.2, 0.25) is 5.91 Å². The maximum Gasteiger partial charge on any atom is 0.224 e. The average Bonchev–Trinajstić information content (AvgIpc) is 2.61. The number of ether oxygens (including phenoxy) is 2. The second-order valence-corrected chi connectivity index (χ2v) is 6.08. The van der Waals surface area contributed by atoms with E-state index < -0.39 is 0 Å². The Morgan fingerprint density at radius 2 is 1.68 bits per heavy atom. The molecule has 0 heterocycles. The topological polar surface area (TPSA) is 73.6 Å². The molecule has 25 heavy (non-hydrogen) atoms. The van der Waals surface area contributed by atoms with Crippen LogP contribution in [0.3, 0.4) is 0 Å². The number of nitrogens with one attached hydrogen (secondary N) is 1. The third-order valence-electron chi connectivity index (χ3n) is 3.72. The molecule has 5 heteroatoms. The minimum atomic E-state index is -0.0300. The molecular weight excluding hydrogens is 316 g/mol. The minimum absolute atomic E-state index is 0.0300. The number of rotatable bonds is 9. The molecule has 1 unspecified atom stereocenters. The first kappa shape index (κ1) is 19.0. The van der Waals surface area contributed by atoms with Crippen LogP contribution in [-0.2, 0) is 16.0 Å². The van der Waals surface area contributed by atoms with Crippen molar-refractivity contribution >= 4 is 11.6 Å². The molecule has 0 radical (unpaired) electrons. The summed E-state index contributed by atoms with van der Waals surface area (Å²) >= 11 is 0. The molecule has 2 aromatic rings. The Balaban J connectivity index is 1.86. The largest absolute Gasteiger partial charge is 0.457 e. The van der Waals surface area contributed by atoms with Crippen LogP contribution >= 0.6 is 0 Å². The molecule has 0 aromatic heterocycles. The molecule has 0 fully saturated rings. The Hall–Kier alpha value is -2.37. The van der Waals surface area contributed by atoms with Gasteiger partial charge in [-0.3, -0.25) is 4.79 Å². The van der Waals surface area contributed by atoms with Gasteiger partial charge in [0.1, 0.15) is 11.5 Å². The summed E-state index contributed by atoms with van der Waals surface area (Å²) in [6.45, 7) is 2.60. The van der Waals surface area contributed by atoms with E-state index in [9.17, 15) is 4.79 Å². The molecule has 0 saturated heterocycles. The predicted octanol–water partition coefficient (Wildman–Crippen LogP) is 3.73. The minimum Gasteiger partial charge on any atom is -0.457 e. The first-order valence-corrected chi connectivity index (χ1v) is 8.48. The molecule has 3 N–H and O–H groups in total. The van der Waals surface area contributed by atoms with Crippen LogP contribution in [0.25, 0.3) is 0 Å². The van der Waals surface area contributed by atoms with E-state index in [4.69, 9.17) is 15.2 Å². The lowest BCUT2D eigenvalue weighted by Crippen LogP contribution is -2.19. The first-order chi connectivity index (χ1) is 12.1.